The second kappa shape index (κ2) is 6.57. The first-order valence-electron chi connectivity index (χ1n) is 7.89. The summed E-state index contributed by atoms with van der Waals surface area (Å²) in [5, 5.41) is 2.11. The van der Waals surface area contributed by atoms with Crippen LogP contribution in [0.15, 0.2) is 17.5 Å². The second-order valence-corrected chi connectivity index (χ2v) is 9.34. The van der Waals surface area contributed by atoms with E-state index in [1.54, 1.807) is 18.3 Å². The van der Waals surface area contributed by atoms with E-state index in [2.05, 4.69) is 27.1 Å². The van der Waals surface area contributed by atoms with E-state index in [9.17, 15) is 8.42 Å². The molecule has 2 aliphatic heterocycles. The lowest BCUT2D eigenvalue weighted by molar-refractivity contribution is -0.136. The van der Waals surface area contributed by atoms with E-state index < -0.39 is 10.0 Å². The van der Waals surface area contributed by atoms with E-state index in [0.29, 0.717) is 12.5 Å². The molecule has 5 nitrogen and oxygen atoms in total. The van der Waals surface area contributed by atoms with Gasteiger partial charge in [0.05, 0.1) is 11.4 Å². The summed E-state index contributed by atoms with van der Waals surface area (Å²) in [6.45, 7) is 5.93. The van der Waals surface area contributed by atoms with Gasteiger partial charge in [-0.15, -0.1) is 11.3 Å². The van der Waals surface area contributed by atoms with E-state index >= 15 is 0 Å². The summed E-state index contributed by atoms with van der Waals surface area (Å²) in [6.07, 6.45) is 1.91. The highest BCUT2D eigenvalue weighted by Gasteiger charge is 2.52. The van der Waals surface area contributed by atoms with Crippen LogP contribution in [0.1, 0.15) is 24.6 Å². The van der Waals surface area contributed by atoms with Gasteiger partial charge in [0.1, 0.15) is 0 Å². The number of hydrogen-bond acceptors (Lipinski definition) is 5. The van der Waals surface area contributed by atoms with Crippen molar-refractivity contribution in [2.24, 2.45) is 5.92 Å². The number of hydrogen-bond donors (Lipinski definition) is 1. The molecule has 1 atom stereocenters. The molecule has 2 fully saturated rings. The van der Waals surface area contributed by atoms with Crippen LogP contribution in [0.25, 0.3) is 0 Å². The van der Waals surface area contributed by atoms with Crippen LogP contribution >= 0.6 is 11.3 Å². The predicted octanol–water partition coefficient (Wildman–Crippen LogP) is 1.67. The summed E-state index contributed by atoms with van der Waals surface area (Å²) in [5.74, 6) is 0.611. The molecule has 3 heterocycles. The summed E-state index contributed by atoms with van der Waals surface area (Å²) in [6, 6.07) is 4.26. The largest absolute Gasteiger partial charge is 0.372 e. The number of ether oxygens (including phenoxy) is 1. The molecule has 1 aromatic heterocycles. The van der Waals surface area contributed by atoms with Crippen molar-refractivity contribution in [1.29, 1.82) is 0 Å². The second-order valence-electron chi connectivity index (χ2n) is 6.21. The van der Waals surface area contributed by atoms with Crippen molar-refractivity contribution in [3.8, 4) is 0 Å². The average molecular weight is 345 g/mol. The van der Waals surface area contributed by atoms with Gasteiger partial charge >= 0.3 is 0 Å². The Balaban J connectivity index is 1.47. The third-order valence-corrected chi connectivity index (χ3v) is 7.00. The minimum Gasteiger partial charge on any atom is -0.372 e. The Hall–Kier alpha value is -0.470. The zero-order valence-corrected chi connectivity index (χ0v) is 14.6. The van der Waals surface area contributed by atoms with Crippen molar-refractivity contribution < 1.29 is 13.2 Å². The first kappa shape index (κ1) is 16.4. The van der Waals surface area contributed by atoms with E-state index in [1.807, 2.05) is 0 Å². The summed E-state index contributed by atoms with van der Waals surface area (Å²) in [4.78, 5) is 3.81. The van der Waals surface area contributed by atoms with Crippen molar-refractivity contribution in [3.63, 3.8) is 0 Å². The molecule has 0 aliphatic carbocycles. The highest BCUT2D eigenvalue weighted by molar-refractivity contribution is 7.89. The standard InChI is InChI=1S/C15H24N2O3S2/c1-2-22(18,19)16-7-5-13-6-8-20-15(13)11-17(12-15)10-14-4-3-9-21-14/h3-4,9,13,16H,2,5-8,10-12H2,1H3. The van der Waals surface area contributed by atoms with Gasteiger partial charge in [0.2, 0.25) is 10.0 Å². The van der Waals surface area contributed by atoms with Crippen molar-refractivity contribution in [2.75, 3.05) is 32.0 Å². The molecule has 2 saturated heterocycles. The van der Waals surface area contributed by atoms with Gasteiger partial charge < -0.3 is 4.74 Å². The molecule has 0 aromatic carbocycles. The molecule has 1 aromatic rings. The van der Waals surface area contributed by atoms with Crippen LogP contribution in [-0.2, 0) is 21.3 Å². The van der Waals surface area contributed by atoms with Crippen LogP contribution < -0.4 is 4.72 Å². The summed E-state index contributed by atoms with van der Waals surface area (Å²) in [5.41, 5.74) is -0.0328. The lowest BCUT2D eigenvalue weighted by Gasteiger charge is -2.50. The first-order valence-corrected chi connectivity index (χ1v) is 10.4. The molecule has 1 N–H and O–H groups in total. The first-order chi connectivity index (χ1) is 10.5. The maximum atomic E-state index is 11.5. The molecule has 3 rings (SSSR count). The monoisotopic (exact) mass is 344 g/mol. The maximum absolute atomic E-state index is 11.5. The number of nitrogens with zero attached hydrogens (tertiary/aromatic N) is 1. The molecule has 0 radical (unpaired) electrons. The maximum Gasteiger partial charge on any atom is 0.211 e. The Morgan fingerprint density at radius 2 is 2.32 bits per heavy atom. The van der Waals surface area contributed by atoms with E-state index in [0.717, 1.165) is 39.1 Å². The Morgan fingerprint density at radius 3 is 3.00 bits per heavy atom. The lowest BCUT2D eigenvalue weighted by Crippen LogP contribution is -2.64. The highest BCUT2D eigenvalue weighted by Crippen LogP contribution is 2.42. The van der Waals surface area contributed by atoms with Crippen molar-refractivity contribution in [1.82, 2.24) is 9.62 Å². The van der Waals surface area contributed by atoms with Crippen LogP contribution in [-0.4, -0.2) is 50.9 Å². The molecule has 2 aliphatic rings. The lowest BCUT2D eigenvalue weighted by atomic mass is 9.79. The summed E-state index contributed by atoms with van der Waals surface area (Å²) >= 11 is 1.79. The van der Waals surface area contributed by atoms with Crippen LogP contribution in [0, 0.1) is 5.92 Å². The van der Waals surface area contributed by atoms with Gasteiger partial charge in [0, 0.05) is 37.7 Å². The molecule has 1 unspecified atom stereocenters. The molecule has 0 amide bonds. The fraction of sp³-hybridized carbons (Fsp3) is 0.733. The Morgan fingerprint density at radius 1 is 1.50 bits per heavy atom. The van der Waals surface area contributed by atoms with Crippen molar-refractivity contribution in [2.45, 2.75) is 31.9 Å². The smallest absolute Gasteiger partial charge is 0.211 e. The van der Waals surface area contributed by atoms with Gasteiger partial charge in [-0.05, 0) is 37.1 Å². The molecule has 22 heavy (non-hydrogen) atoms. The number of likely N-dealkylation sites (tertiary alicyclic amines) is 1. The Kier molecular flexibility index (Phi) is 4.89. The van der Waals surface area contributed by atoms with Crippen molar-refractivity contribution in [3.05, 3.63) is 22.4 Å². The predicted molar refractivity (Wildman–Crippen MR) is 88.5 cm³/mol. The van der Waals surface area contributed by atoms with Gasteiger partial charge in [-0.2, -0.15) is 0 Å². The molecular formula is C15H24N2O3S2. The molecule has 0 bridgehead atoms. The van der Waals surface area contributed by atoms with Gasteiger partial charge in [-0.3, -0.25) is 4.90 Å². The third-order valence-electron chi connectivity index (χ3n) is 4.74. The molecule has 124 valence electrons. The fourth-order valence-corrected chi connectivity index (χ4v) is 4.86. The SMILES string of the molecule is CCS(=O)(=O)NCCC1CCOC12CN(Cc1cccs1)C2. The van der Waals surface area contributed by atoms with Gasteiger partial charge in [-0.1, -0.05) is 6.07 Å². The van der Waals surface area contributed by atoms with E-state index in [4.69, 9.17) is 4.74 Å². The molecule has 1 spiro atoms. The number of sulfonamides is 1. The van der Waals surface area contributed by atoms with Gasteiger partial charge in [-0.25, -0.2) is 13.1 Å². The van der Waals surface area contributed by atoms with Crippen LogP contribution in [0.2, 0.25) is 0 Å². The third kappa shape index (κ3) is 3.54. The Labute approximate surface area is 136 Å². The summed E-state index contributed by atoms with van der Waals surface area (Å²) in [7, 11) is -3.08. The Bertz CT molecular complexity index is 580. The normalized spacial score (nSPS) is 24.7. The minimum absolute atomic E-state index is 0.0328. The number of rotatable bonds is 7. The van der Waals surface area contributed by atoms with Crippen molar-refractivity contribution >= 4 is 21.4 Å². The zero-order valence-electron chi connectivity index (χ0n) is 13.0. The number of nitrogens with one attached hydrogen (secondary N) is 1. The van der Waals surface area contributed by atoms with E-state index in [-0.39, 0.29) is 11.4 Å². The molecule has 7 heteroatoms. The van der Waals surface area contributed by atoms with Crippen LogP contribution in [0.5, 0.6) is 0 Å². The van der Waals surface area contributed by atoms with Crippen LogP contribution in [0.4, 0.5) is 0 Å². The van der Waals surface area contributed by atoms with Gasteiger partial charge in [0.15, 0.2) is 0 Å². The summed E-state index contributed by atoms with van der Waals surface area (Å²) < 4.78 is 31.7. The molecular weight excluding hydrogens is 320 g/mol. The minimum atomic E-state index is -3.08. The van der Waals surface area contributed by atoms with Crippen LogP contribution in [0.3, 0.4) is 0 Å². The topological polar surface area (TPSA) is 58.6 Å². The van der Waals surface area contributed by atoms with Gasteiger partial charge in [0.25, 0.3) is 0 Å². The average Bonchev–Trinajstić information content (AvgIpc) is 3.08. The zero-order chi connectivity index (χ0) is 15.6. The fourth-order valence-electron chi connectivity index (χ4n) is 3.48. The molecule has 0 saturated carbocycles. The highest BCUT2D eigenvalue weighted by atomic mass is 32.2. The van der Waals surface area contributed by atoms with E-state index in [1.165, 1.54) is 4.88 Å². The quantitative estimate of drug-likeness (QED) is 0.817. The number of thiophene rings is 1.